The topological polar surface area (TPSA) is 8.17 Å². The van der Waals surface area contributed by atoms with E-state index < -0.39 is 0 Å². The fraction of sp³-hybridized carbons (Fsp3) is 0.0769. The van der Waals surface area contributed by atoms with Crippen LogP contribution in [0.1, 0.15) is 25.0 Å². The molecule has 0 spiro atoms. The van der Waals surface area contributed by atoms with Crippen LogP contribution in [0, 0.1) is 0 Å². The fourth-order valence-corrected chi connectivity index (χ4v) is 6.74. The van der Waals surface area contributed by atoms with Gasteiger partial charge in [-0.2, -0.15) is 0 Å². The molecule has 0 radical (unpaired) electrons. The van der Waals surface area contributed by atoms with Gasteiger partial charge in [0, 0.05) is 27.6 Å². The smallest absolute Gasteiger partial charge is 0.0541 e. The normalized spacial score (nSPS) is 13.8. The molecule has 0 N–H and O–H groups in total. The molecule has 0 saturated carbocycles. The molecule has 2 heterocycles. The summed E-state index contributed by atoms with van der Waals surface area (Å²) >= 11 is 0. The molecule has 0 atom stereocenters. The summed E-state index contributed by atoms with van der Waals surface area (Å²) in [5.41, 5.74) is 12.3. The number of hydrogen-bond acceptors (Lipinski definition) is 1. The molecule has 2 heteroatoms. The van der Waals surface area contributed by atoms with Crippen molar-refractivity contribution in [2.24, 2.45) is 0 Å². The molecule has 0 bridgehead atoms. The van der Waals surface area contributed by atoms with E-state index in [0.29, 0.717) is 0 Å². The van der Waals surface area contributed by atoms with Gasteiger partial charge >= 0.3 is 0 Å². The zero-order chi connectivity index (χ0) is 27.6. The van der Waals surface area contributed by atoms with Gasteiger partial charge in [-0.3, -0.25) is 0 Å². The molecule has 8 rings (SSSR count). The Balaban J connectivity index is 1.25. The molecule has 0 unspecified atom stereocenters. The quantitative estimate of drug-likeness (QED) is 0.222. The summed E-state index contributed by atoms with van der Waals surface area (Å²) in [6, 6.07) is 52.9. The largest absolute Gasteiger partial charge is 0.310 e. The lowest BCUT2D eigenvalue weighted by atomic mass is 9.73. The van der Waals surface area contributed by atoms with Gasteiger partial charge in [0.15, 0.2) is 0 Å². The van der Waals surface area contributed by atoms with Crippen molar-refractivity contribution in [3.8, 4) is 16.8 Å². The third-order valence-corrected chi connectivity index (χ3v) is 8.78. The Morgan fingerprint density at radius 1 is 0.439 bits per heavy atom. The van der Waals surface area contributed by atoms with E-state index in [9.17, 15) is 0 Å². The first kappa shape index (κ1) is 23.8. The van der Waals surface area contributed by atoms with Crippen LogP contribution in [0.2, 0.25) is 0 Å². The van der Waals surface area contributed by atoms with E-state index in [0.717, 1.165) is 0 Å². The van der Waals surface area contributed by atoms with E-state index in [1.165, 1.54) is 66.8 Å². The van der Waals surface area contributed by atoms with Crippen molar-refractivity contribution in [3.63, 3.8) is 0 Å². The van der Waals surface area contributed by atoms with E-state index in [1.807, 2.05) is 0 Å². The summed E-state index contributed by atoms with van der Waals surface area (Å²) in [6.45, 7) is 4.70. The lowest BCUT2D eigenvalue weighted by Crippen LogP contribution is -2.30. The lowest BCUT2D eigenvalue weighted by Gasteiger charge is -2.42. The van der Waals surface area contributed by atoms with Crippen LogP contribution < -0.4 is 4.90 Å². The SMILES string of the molecule is CC1(C)c2ccccc2N(c2ccccc2)c2ccc(-c3ccc(-n4c5ccccc5c5ccccc54)cc3)cc21. The Hall–Kier alpha value is -5.08. The molecule has 0 fully saturated rings. The molecule has 2 nitrogen and oxygen atoms in total. The summed E-state index contributed by atoms with van der Waals surface area (Å²) < 4.78 is 2.37. The molecule has 6 aromatic carbocycles. The predicted molar refractivity (Wildman–Crippen MR) is 173 cm³/mol. The standard InChI is InChI=1S/C39H30N2/c1-39(2)33-16-8-11-19-37(33)41(29-12-4-3-5-13-29)38-25-22-28(26-34(38)39)27-20-23-30(24-21-27)40-35-17-9-6-14-31(35)32-15-7-10-18-36(32)40/h3-26H,1-2H3. The van der Waals surface area contributed by atoms with E-state index in [2.05, 4.69) is 169 Å². The van der Waals surface area contributed by atoms with Crippen LogP contribution in [-0.2, 0) is 5.41 Å². The zero-order valence-corrected chi connectivity index (χ0v) is 23.3. The highest BCUT2D eigenvalue weighted by atomic mass is 15.2. The minimum Gasteiger partial charge on any atom is -0.310 e. The highest BCUT2D eigenvalue weighted by molar-refractivity contribution is 6.09. The molecule has 196 valence electrons. The number of hydrogen-bond donors (Lipinski definition) is 0. The first-order valence-corrected chi connectivity index (χ1v) is 14.3. The van der Waals surface area contributed by atoms with E-state index in [-0.39, 0.29) is 5.41 Å². The number of anilines is 3. The molecule has 0 saturated heterocycles. The molecule has 1 aromatic heterocycles. The molecular weight excluding hydrogens is 496 g/mol. The van der Waals surface area contributed by atoms with Crippen molar-refractivity contribution >= 4 is 38.9 Å². The Morgan fingerprint density at radius 3 is 1.71 bits per heavy atom. The van der Waals surface area contributed by atoms with Gasteiger partial charge in [0.05, 0.1) is 22.4 Å². The highest BCUT2D eigenvalue weighted by Gasteiger charge is 2.36. The second-order valence-electron chi connectivity index (χ2n) is 11.5. The summed E-state index contributed by atoms with van der Waals surface area (Å²) in [4.78, 5) is 2.41. The van der Waals surface area contributed by atoms with E-state index in [1.54, 1.807) is 0 Å². The van der Waals surface area contributed by atoms with Crippen molar-refractivity contribution < 1.29 is 0 Å². The van der Waals surface area contributed by atoms with Crippen LogP contribution in [0.4, 0.5) is 17.1 Å². The second-order valence-corrected chi connectivity index (χ2v) is 11.5. The van der Waals surface area contributed by atoms with Crippen LogP contribution in [0.5, 0.6) is 0 Å². The van der Waals surface area contributed by atoms with Crippen molar-refractivity contribution in [2.45, 2.75) is 19.3 Å². The predicted octanol–water partition coefficient (Wildman–Crippen LogP) is 10.6. The maximum atomic E-state index is 2.41. The minimum atomic E-state index is -0.129. The minimum absolute atomic E-state index is 0.129. The van der Waals surface area contributed by atoms with Crippen LogP contribution >= 0.6 is 0 Å². The number of benzene rings is 6. The van der Waals surface area contributed by atoms with Gasteiger partial charge in [0.1, 0.15) is 0 Å². The number of para-hydroxylation sites is 4. The van der Waals surface area contributed by atoms with E-state index in [4.69, 9.17) is 0 Å². The Bertz CT molecular complexity index is 2010. The van der Waals surface area contributed by atoms with Gasteiger partial charge in [-0.25, -0.2) is 0 Å². The lowest BCUT2D eigenvalue weighted by molar-refractivity contribution is 0.632. The van der Waals surface area contributed by atoms with Gasteiger partial charge in [-0.05, 0) is 76.9 Å². The Kier molecular flexibility index (Phi) is 5.20. The number of fused-ring (bicyclic) bond motifs is 5. The number of nitrogens with zero attached hydrogens (tertiary/aromatic N) is 2. The van der Waals surface area contributed by atoms with Crippen LogP contribution in [0.3, 0.4) is 0 Å². The zero-order valence-electron chi connectivity index (χ0n) is 23.3. The summed E-state index contributed by atoms with van der Waals surface area (Å²) in [5.74, 6) is 0. The fourth-order valence-electron chi connectivity index (χ4n) is 6.74. The van der Waals surface area contributed by atoms with Crippen LogP contribution in [0.25, 0.3) is 38.6 Å². The summed E-state index contributed by atoms with van der Waals surface area (Å²) in [5, 5.41) is 2.57. The molecule has 1 aliphatic heterocycles. The van der Waals surface area contributed by atoms with Gasteiger partial charge in [-0.1, -0.05) is 105 Å². The molecular formula is C39H30N2. The number of aromatic nitrogens is 1. The molecule has 1 aliphatic rings. The van der Waals surface area contributed by atoms with Gasteiger partial charge in [0.2, 0.25) is 0 Å². The van der Waals surface area contributed by atoms with Crippen LogP contribution in [-0.4, -0.2) is 4.57 Å². The van der Waals surface area contributed by atoms with Crippen molar-refractivity contribution in [2.75, 3.05) is 4.90 Å². The van der Waals surface area contributed by atoms with E-state index >= 15 is 0 Å². The van der Waals surface area contributed by atoms with Gasteiger partial charge in [0.25, 0.3) is 0 Å². The van der Waals surface area contributed by atoms with Crippen molar-refractivity contribution in [3.05, 3.63) is 157 Å². The summed E-state index contributed by atoms with van der Waals surface area (Å²) in [6.07, 6.45) is 0. The Labute approximate surface area is 240 Å². The third-order valence-electron chi connectivity index (χ3n) is 8.78. The molecule has 0 aliphatic carbocycles. The van der Waals surface area contributed by atoms with Crippen molar-refractivity contribution in [1.29, 1.82) is 0 Å². The molecule has 41 heavy (non-hydrogen) atoms. The number of rotatable bonds is 3. The highest BCUT2D eigenvalue weighted by Crippen LogP contribution is 2.52. The average molecular weight is 527 g/mol. The Morgan fingerprint density at radius 2 is 1.00 bits per heavy atom. The molecule has 0 amide bonds. The maximum Gasteiger partial charge on any atom is 0.0541 e. The monoisotopic (exact) mass is 526 g/mol. The average Bonchev–Trinajstić information content (AvgIpc) is 3.36. The maximum absolute atomic E-state index is 2.41. The van der Waals surface area contributed by atoms with Gasteiger partial charge < -0.3 is 9.47 Å². The third kappa shape index (κ3) is 3.57. The van der Waals surface area contributed by atoms with Crippen molar-refractivity contribution in [1.82, 2.24) is 4.57 Å². The van der Waals surface area contributed by atoms with Gasteiger partial charge in [-0.15, -0.1) is 0 Å². The molecule has 7 aromatic rings. The first-order valence-electron chi connectivity index (χ1n) is 14.3. The summed E-state index contributed by atoms with van der Waals surface area (Å²) in [7, 11) is 0. The second kappa shape index (κ2) is 8.97. The van der Waals surface area contributed by atoms with Crippen LogP contribution in [0.15, 0.2) is 146 Å². The first-order chi connectivity index (χ1) is 20.1.